The van der Waals surface area contributed by atoms with Crippen molar-refractivity contribution in [3.8, 4) is 6.07 Å². The Morgan fingerprint density at radius 1 is 1.54 bits per heavy atom. The Bertz CT molecular complexity index is 368. The van der Waals surface area contributed by atoms with Crippen LogP contribution in [-0.2, 0) is 0 Å². The highest BCUT2D eigenvalue weighted by atomic mass is 19.1. The zero-order chi connectivity index (χ0) is 9.84. The van der Waals surface area contributed by atoms with Gasteiger partial charge in [-0.15, -0.1) is 0 Å². The molecule has 1 aromatic carbocycles. The summed E-state index contributed by atoms with van der Waals surface area (Å²) in [5.74, 6) is -0.322. The molecule has 0 spiro atoms. The molecule has 0 aromatic heterocycles. The lowest BCUT2D eigenvalue weighted by atomic mass is 10.1. The van der Waals surface area contributed by atoms with Crippen LogP contribution < -0.4 is 5.73 Å². The molecule has 0 bridgehead atoms. The predicted molar refractivity (Wildman–Crippen MR) is 48.9 cm³/mol. The summed E-state index contributed by atoms with van der Waals surface area (Å²) in [6.45, 7) is 1.78. The van der Waals surface area contributed by atoms with Gasteiger partial charge in [0.1, 0.15) is 17.6 Å². The molecule has 0 fully saturated rings. The molecule has 13 heavy (non-hydrogen) atoms. The van der Waals surface area contributed by atoms with Crippen LogP contribution in [0, 0.1) is 24.1 Å². The van der Waals surface area contributed by atoms with Crippen molar-refractivity contribution in [1.82, 2.24) is 0 Å². The van der Waals surface area contributed by atoms with E-state index in [1.54, 1.807) is 19.1 Å². The van der Waals surface area contributed by atoms with E-state index in [0.29, 0.717) is 5.56 Å². The van der Waals surface area contributed by atoms with Crippen molar-refractivity contribution in [3.05, 3.63) is 40.8 Å². The fraction of sp³-hybridized carbons (Fsp3) is 0.100. The topological polar surface area (TPSA) is 49.8 Å². The molecule has 0 radical (unpaired) electrons. The normalized spacial score (nSPS) is 11.0. The molecule has 0 saturated heterocycles. The first-order valence-corrected chi connectivity index (χ1v) is 3.76. The smallest absolute Gasteiger partial charge is 0.124 e. The van der Waals surface area contributed by atoms with Gasteiger partial charge >= 0.3 is 0 Å². The van der Waals surface area contributed by atoms with Gasteiger partial charge in [0, 0.05) is 0 Å². The number of allylic oxidation sites excluding steroid dienone is 1. The number of aryl methyl sites for hydroxylation is 1. The van der Waals surface area contributed by atoms with Gasteiger partial charge in [-0.25, -0.2) is 4.39 Å². The minimum absolute atomic E-state index is 0.0741. The van der Waals surface area contributed by atoms with Crippen LogP contribution in [0.1, 0.15) is 11.1 Å². The summed E-state index contributed by atoms with van der Waals surface area (Å²) in [4.78, 5) is 0. The maximum Gasteiger partial charge on any atom is 0.124 e. The second-order valence-electron chi connectivity index (χ2n) is 2.77. The van der Waals surface area contributed by atoms with Gasteiger partial charge in [0.15, 0.2) is 0 Å². The van der Waals surface area contributed by atoms with Crippen LogP contribution in [0.3, 0.4) is 0 Å². The standard InChI is InChI=1S/C10H9FN2/c1-7-2-8(4-9(11)3-7)5-10(13)6-12/h2-5H,13H2,1H3. The third-order valence-corrected chi connectivity index (χ3v) is 1.52. The molecule has 0 unspecified atom stereocenters. The van der Waals surface area contributed by atoms with E-state index >= 15 is 0 Å². The number of benzene rings is 1. The van der Waals surface area contributed by atoms with Crippen molar-refractivity contribution in [1.29, 1.82) is 5.26 Å². The summed E-state index contributed by atoms with van der Waals surface area (Å²) in [6, 6.07) is 6.27. The van der Waals surface area contributed by atoms with E-state index in [-0.39, 0.29) is 11.5 Å². The fourth-order valence-electron chi connectivity index (χ4n) is 1.06. The third kappa shape index (κ3) is 2.60. The molecule has 2 N–H and O–H groups in total. The largest absolute Gasteiger partial charge is 0.390 e. The molecule has 66 valence electrons. The molecule has 2 nitrogen and oxygen atoms in total. The van der Waals surface area contributed by atoms with Crippen molar-refractivity contribution >= 4 is 6.08 Å². The van der Waals surface area contributed by atoms with Gasteiger partial charge in [-0.2, -0.15) is 5.26 Å². The highest BCUT2D eigenvalue weighted by Gasteiger charge is 1.96. The number of nitrogens with zero attached hydrogens (tertiary/aromatic N) is 1. The Hall–Kier alpha value is -1.82. The summed E-state index contributed by atoms with van der Waals surface area (Å²) in [6.07, 6.45) is 1.44. The van der Waals surface area contributed by atoms with Crippen LogP contribution in [0.2, 0.25) is 0 Å². The van der Waals surface area contributed by atoms with Crippen LogP contribution in [0.5, 0.6) is 0 Å². The maximum absolute atomic E-state index is 12.8. The highest BCUT2D eigenvalue weighted by Crippen LogP contribution is 2.10. The quantitative estimate of drug-likeness (QED) is 0.665. The Kier molecular flexibility index (Phi) is 2.65. The Morgan fingerprint density at radius 3 is 2.77 bits per heavy atom. The average Bonchev–Trinajstić information content (AvgIpc) is 2.02. The van der Waals surface area contributed by atoms with Gasteiger partial charge < -0.3 is 5.73 Å². The third-order valence-electron chi connectivity index (χ3n) is 1.52. The van der Waals surface area contributed by atoms with Crippen molar-refractivity contribution in [3.63, 3.8) is 0 Å². The lowest BCUT2D eigenvalue weighted by Gasteiger charge is -1.97. The van der Waals surface area contributed by atoms with Gasteiger partial charge in [-0.05, 0) is 36.3 Å². The van der Waals surface area contributed by atoms with Gasteiger partial charge in [0.2, 0.25) is 0 Å². The molecule has 0 aliphatic carbocycles. The highest BCUT2D eigenvalue weighted by molar-refractivity contribution is 5.56. The molecular formula is C10H9FN2. The lowest BCUT2D eigenvalue weighted by Crippen LogP contribution is -1.92. The van der Waals surface area contributed by atoms with Gasteiger partial charge in [-0.3, -0.25) is 0 Å². The molecule has 1 aromatic rings. The summed E-state index contributed by atoms with van der Waals surface area (Å²) in [7, 11) is 0. The number of nitrogens with two attached hydrogens (primary N) is 1. The van der Waals surface area contributed by atoms with Gasteiger partial charge in [0.25, 0.3) is 0 Å². The number of hydrogen-bond acceptors (Lipinski definition) is 2. The van der Waals surface area contributed by atoms with E-state index in [1.165, 1.54) is 18.2 Å². The first kappa shape index (κ1) is 9.27. The molecule has 0 aliphatic heterocycles. The summed E-state index contributed by atoms with van der Waals surface area (Å²) in [5.41, 5.74) is 6.77. The van der Waals surface area contributed by atoms with Crippen molar-refractivity contribution in [2.24, 2.45) is 5.73 Å². The van der Waals surface area contributed by atoms with Crippen molar-refractivity contribution in [2.45, 2.75) is 6.92 Å². The second kappa shape index (κ2) is 3.72. The van der Waals surface area contributed by atoms with E-state index in [9.17, 15) is 4.39 Å². The fourth-order valence-corrected chi connectivity index (χ4v) is 1.06. The minimum Gasteiger partial charge on any atom is -0.390 e. The van der Waals surface area contributed by atoms with E-state index in [1.807, 2.05) is 0 Å². The molecule has 1 rings (SSSR count). The molecule has 3 heteroatoms. The van der Waals surface area contributed by atoms with E-state index in [2.05, 4.69) is 0 Å². The molecular weight excluding hydrogens is 167 g/mol. The maximum atomic E-state index is 12.8. The predicted octanol–water partition coefficient (Wildman–Crippen LogP) is 1.96. The zero-order valence-corrected chi connectivity index (χ0v) is 7.21. The lowest BCUT2D eigenvalue weighted by molar-refractivity contribution is 0.626. The first-order chi connectivity index (χ1) is 6.11. The van der Waals surface area contributed by atoms with Crippen LogP contribution >= 0.6 is 0 Å². The number of halogens is 1. The summed E-state index contributed by atoms with van der Waals surface area (Å²) >= 11 is 0. The number of rotatable bonds is 1. The first-order valence-electron chi connectivity index (χ1n) is 3.76. The monoisotopic (exact) mass is 176 g/mol. The van der Waals surface area contributed by atoms with Crippen LogP contribution in [0.15, 0.2) is 23.9 Å². The van der Waals surface area contributed by atoms with Gasteiger partial charge in [0.05, 0.1) is 0 Å². The molecule has 0 heterocycles. The van der Waals surface area contributed by atoms with Crippen LogP contribution in [-0.4, -0.2) is 0 Å². The summed E-state index contributed by atoms with van der Waals surface area (Å²) in [5, 5.41) is 8.40. The van der Waals surface area contributed by atoms with Gasteiger partial charge in [-0.1, -0.05) is 6.07 Å². The van der Waals surface area contributed by atoms with E-state index in [0.717, 1.165) is 5.56 Å². The zero-order valence-electron chi connectivity index (χ0n) is 7.21. The average molecular weight is 176 g/mol. The number of hydrogen-bond donors (Lipinski definition) is 1. The second-order valence-corrected chi connectivity index (χ2v) is 2.77. The Labute approximate surface area is 76.1 Å². The molecule has 0 amide bonds. The summed E-state index contributed by atoms with van der Waals surface area (Å²) < 4.78 is 12.8. The SMILES string of the molecule is Cc1cc(F)cc(C=C(N)C#N)c1. The van der Waals surface area contributed by atoms with Crippen LogP contribution in [0.25, 0.3) is 6.08 Å². The minimum atomic E-state index is -0.322. The molecule has 0 aliphatic rings. The Balaban J connectivity index is 3.11. The van der Waals surface area contributed by atoms with Crippen LogP contribution in [0.4, 0.5) is 4.39 Å². The van der Waals surface area contributed by atoms with E-state index < -0.39 is 0 Å². The van der Waals surface area contributed by atoms with Crippen molar-refractivity contribution in [2.75, 3.05) is 0 Å². The number of nitriles is 1. The Morgan fingerprint density at radius 2 is 2.23 bits per heavy atom. The molecule has 0 saturated carbocycles. The van der Waals surface area contributed by atoms with E-state index in [4.69, 9.17) is 11.0 Å². The molecule has 0 atom stereocenters. The van der Waals surface area contributed by atoms with Crippen molar-refractivity contribution < 1.29 is 4.39 Å².